The van der Waals surface area contributed by atoms with Crippen LogP contribution in [0.5, 0.6) is 17.2 Å². The van der Waals surface area contributed by atoms with Crippen LogP contribution < -0.4 is 25.7 Å². The van der Waals surface area contributed by atoms with Gasteiger partial charge in [0.05, 0.1) is 89.8 Å². The molecule has 150 heavy (non-hydrogen) atoms. The number of ether oxygens (including phenoxy) is 3. The summed E-state index contributed by atoms with van der Waals surface area (Å²) in [7, 11) is -0.397. The number of para-hydroxylation sites is 3. The average molecular weight is 3410 g/mol. The Bertz CT molecular complexity index is 5420. The van der Waals surface area contributed by atoms with E-state index in [4.69, 9.17) is 73.4 Å². The molecule has 7 aromatic carbocycles. The van der Waals surface area contributed by atoms with Crippen LogP contribution in [-0.2, 0) is 76.3 Å². The zero-order valence-electron chi connectivity index (χ0n) is 86.7. The normalized spacial score (nSPS) is 21.1. The molecule has 0 aliphatic carbocycles. The van der Waals surface area contributed by atoms with Gasteiger partial charge in [-0.15, -0.1) is 0 Å². The Morgan fingerprint density at radius 1 is 0.427 bits per heavy atom. The number of fused-ring (bicyclic) bond motifs is 6. The standard InChI is InChI=1S/2C14H24BNO2.2C14H12BrNO2.C14H10BrNO.C12H24B2O4.C9H12F3NO3S.C7H3BrFN.2CH2I2.2CH3I.2CH4.3HI.V/c2*1-13(2)14(3,4)18-15(17-13)10-8-11-6-7-12(9-10)16(11)5;2*15-12-8-4-7-11(14(16)17)13(12)18-9-10-5-2-1-3-6-10;15-13-8-4-7-12(9-16)14(13)17-10-11-5-2-1-3-6-11;1-9(2)10(3,4)16-13(15-9)14-17-11(5,6)12(7,8)18-14;1-13-6-2-3-7(13)5-8(4-6)16-17(14,15)9(10,11)12;8-6-3-1-2-5(4-10)7(6)9;2*2-1-3;2*1-2;;;;;;/h2*8,11-12H,6-7,9H2,1-5H3;2*1-8H,9H2,(H2,16,17);1-8H,10H2;1-8H3;4,6-7H,2-3,5H2,1H3;1-3H;2*1H2;2*1H3;2*1H4;3*1H;/q;;;;;;;;;;;;;;;;;+3/p-3. The number of amides is 2. The minimum absolute atomic E-state index is 0. The molecule has 10 heterocycles. The molecule has 4 N–H and O–H groups in total. The van der Waals surface area contributed by atoms with Gasteiger partial charge in [0, 0.05) is 42.7 Å². The second kappa shape index (κ2) is 67.0. The Labute approximate surface area is 1040 Å². The fourth-order valence-electron chi connectivity index (χ4n) is 16.0. The Morgan fingerprint density at radius 3 is 0.960 bits per heavy atom. The van der Waals surface area contributed by atoms with Gasteiger partial charge in [0.2, 0.25) is 0 Å². The second-order valence-electron chi connectivity index (χ2n) is 38.6. The van der Waals surface area contributed by atoms with Gasteiger partial charge in [-0.25, -0.2) is 4.39 Å². The maximum absolute atomic E-state index is 12.7. The number of nitrogens with two attached hydrogens (primary N) is 2. The molecule has 6 unspecified atom stereocenters. The van der Waals surface area contributed by atoms with E-state index in [1.807, 2.05) is 192 Å². The number of hydrogen-bond acceptors (Lipinski definition) is 21. The molecule has 46 heteroatoms. The second-order valence-corrected chi connectivity index (χ2v) is 87.9. The zero-order valence-corrected chi connectivity index (χ0v) is 115. The number of carbonyl (C=O) groups is 2. The van der Waals surface area contributed by atoms with Crippen LogP contribution in [0.3, 0.4) is 0 Å². The van der Waals surface area contributed by atoms with E-state index in [-0.39, 0.29) is 109 Å². The molecular weight excluding hydrogens is 3270 g/mol. The Kier molecular flexibility index (Phi) is 64.1. The van der Waals surface area contributed by atoms with Crippen LogP contribution in [0.4, 0.5) is 17.6 Å². The molecule has 6 bridgehead atoms. The first-order chi connectivity index (χ1) is 69.2. The number of halogens is 17. The third-order valence-corrected chi connectivity index (χ3v) is 30.4. The summed E-state index contributed by atoms with van der Waals surface area (Å²) in [6.45, 7) is 34.4. The number of nitriles is 2. The van der Waals surface area contributed by atoms with E-state index >= 15 is 0 Å². The summed E-state index contributed by atoms with van der Waals surface area (Å²) >= 11 is 33.8. The molecule has 2 amide bonds. The Balaban J connectivity index is 0.000000433. The number of alkyl halides is 9. The first kappa shape index (κ1) is 144. The van der Waals surface area contributed by atoms with Gasteiger partial charge >= 0.3 is 109 Å². The van der Waals surface area contributed by atoms with E-state index in [9.17, 15) is 35.6 Å². The molecule has 0 saturated carbocycles. The van der Waals surface area contributed by atoms with Gasteiger partial charge in [0.1, 0.15) is 49.2 Å². The van der Waals surface area contributed by atoms with E-state index in [1.165, 1.54) is 53.6 Å². The van der Waals surface area contributed by atoms with Crippen LogP contribution in [-0.4, -0.2) is 186 Å². The first-order valence-electron chi connectivity index (χ1n) is 46.9. The number of carbonyl (C=O) groups excluding carboxylic acids is 2. The van der Waals surface area contributed by atoms with Crippen molar-refractivity contribution in [3.05, 3.63) is 261 Å². The molecule has 7 fully saturated rings. The summed E-state index contributed by atoms with van der Waals surface area (Å²) in [5.74, 6) is -0.0294. The number of primary amides is 2. The summed E-state index contributed by atoms with van der Waals surface area (Å²) < 4.78 is 145. The van der Waals surface area contributed by atoms with Gasteiger partial charge in [-0.2, -0.15) is 32.1 Å². The van der Waals surface area contributed by atoms with Crippen LogP contribution in [0.25, 0.3) is 0 Å². The summed E-state index contributed by atoms with van der Waals surface area (Å²) in [4.78, 5) is 33.3. The van der Waals surface area contributed by atoms with E-state index in [1.54, 1.807) is 48.5 Å². The molecule has 7 aromatic rings. The van der Waals surface area contributed by atoms with Crippen LogP contribution in [0.1, 0.15) is 232 Å². The van der Waals surface area contributed by atoms with Crippen molar-refractivity contribution in [2.75, 3.05) is 35.9 Å². The fraction of sp³-hybridized carbons (Fsp3) is 0.500. The average Bonchev–Trinajstić information content (AvgIpc) is 1.60. The molecule has 7 saturated heterocycles. The maximum atomic E-state index is 12.7. The van der Waals surface area contributed by atoms with Crippen molar-refractivity contribution in [2.24, 2.45) is 11.5 Å². The molecule has 0 radical (unpaired) electrons. The summed E-state index contributed by atoms with van der Waals surface area (Å²) in [6, 6.07) is 56.2. The van der Waals surface area contributed by atoms with Gasteiger partial charge in [-0.05, 0) is 339 Å². The number of hydrogen-bond donors (Lipinski definition) is 2. The molecule has 0 aromatic heterocycles. The predicted molar refractivity (Wildman–Crippen MR) is 689 cm³/mol. The van der Waals surface area contributed by atoms with Crippen molar-refractivity contribution < 1.29 is 96.1 Å². The molecule has 0 spiro atoms. The van der Waals surface area contributed by atoms with Crippen LogP contribution in [0.15, 0.2) is 217 Å². The van der Waals surface area contributed by atoms with Gasteiger partial charge in [0.25, 0.3) is 11.8 Å². The van der Waals surface area contributed by atoms with Gasteiger partial charge in [-0.3, -0.25) is 24.3 Å². The van der Waals surface area contributed by atoms with Crippen molar-refractivity contribution in [3.8, 4) is 29.4 Å². The molecule has 10 aliphatic heterocycles. The summed E-state index contributed by atoms with van der Waals surface area (Å²) in [5.41, 5.74) is 10.1. The van der Waals surface area contributed by atoms with E-state index in [2.05, 4.69) is 361 Å². The fourth-order valence-corrected chi connectivity index (χ4v) is 18.3. The van der Waals surface area contributed by atoms with Crippen LogP contribution in [0.2, 0.25) is 0 Å². The van der Waals surface area contributed by atoms with Gasteiger partial charge in [0.15, 0.2) is 11.6 Å². The van der Waals surface area contributed by atoms with Crippen molar-refractivity contribution in [1.82, 2.24) is 14.7 Å². The molecule has 6 atom stereocenters. The molecule has 23 nitrogen and oxygen atoms in total. The van der Waals surface area contributed by atoms with E-state index in [0.29, 0.717) is 82.4 Å². The zero-order chi connectivity index (χ0) is 112. The number of rotatable bonds is 16. The van der Waals surface area contributed by atoms with E-state index in [0.717, 1.165) is 55.8 Å². The van der Waals surface area contributed by atoms with Crippen molar-refractivity contribution in [3.63, 3.8) is 0 Å². The third kappa shape index (κ3) is 42.9. The number of benzene rings is 7. The number of nitrogens with zero attached hydrogens (tertiary/aromatic N) is 5. The van der Waals surface area contributed by atoms with Crippen LogP contribution in [0, 0.1) is 28.5 Å². The molecule has 10 aliphatic rings. The molecule has 17 rings (SSSR count). The quantitative estimate of drug-likeness (QED) is 0.0227. The summed E-state index contributed by atoms with van der Waals surface area (Å²) in [5, 5.41) is 17.3. The monoisotopic (exact) mass is 3400 g/mol. The number of likely N-dealkylation sites (N-methyl/N-ethyl adjacent to an activating group) is 3. The minimum atomic E-state index is -5.52. The predicted octanol–water partition coefficient (Wildman–Crippen LogP) is 30.9. The first-order valence-corrected chi connectivity index (χ1v) is 75.4. The Hall–Kier alpha value is -0.556. The topological polar surface area (TPSA) is 288 Å². The SMILES string of the molecule is C.C.CC1(C)OB(B2OC(C)(C)C(C)(C)O2)OC1(C)C.CI.CI.CN1C2C=C(B3OC(C)(C)C(C)(C)O3)CC1CC2.CN1C2C=C(B3OC(C)(C)C(C)(C)O3)CC1CC2.CN1C2C=C(OS(=O)(=O)C(F)(F)F)CC1CC2.ICI.ICI.N#Cc1cccc(Br)c1F.N#Cc1cccc(Br)c1OCc1ccccc1.NC(=O)c1cccc(Br)c1OCc1ccccc1.NC(=O)c1cccc(Br)c1OCc1ccccc1.[I][V]([I])[I]. The van der Waals surface area contributed by atoms with Crippen molar-refractivity contribution >= 4 is 309 Å². The van der Waals surface area contributed by atoms with Crippen molar-refractivity contribution in [2.45, 2.75) is 290 Å². The van der Waals surface area contributed by atoms with E-state index < -0.39 is 47.3 Å². The van der Waals surface area contributed by atoms with Crippen LogP contribution >= 0.6 is 259 Å². The van der Waals surface area contributed by atoms with Gasteiger partial charge in [-0.1, -0.05) is 278 Å². The molecular formula is C104H139B4Br4F4I9N7O16SV. The van der Waals surface area contributed by atoms with Gasteiger partial charge < -0.3 is 67.1 Å². The summed E-state index contributed by atoms with van der Waals surface area (Å²) in [6.07, 6.45) is 15.5. The third-order valence-electron chi connectivity index (χ3n) is 26.9. The Morgan fingerprint density at radius 2 is 0.687 bits per heavy atom. The molecule has 828 valence electrons. The van der Waals surface area contributed by atoms with Crippen molar-refractivity contribution in [1.29, 1.82) is 10.5 Å².